The summed E-state index contributed by atoms with van der Waals surface area (Å²) in [5.41, 5.74) is 0.363. The molecule has 0 aliphatic heterocycles. The van der Waals surface area contributed by atoms with Gasteiger partial charge in [-0.15, -0.1) is 0 Å². The second kappa shape index (κ2) is 17.1. The lowest BCUT2D eigenvalue weighted by Gasteiger charge is -2.18. The predicted molar refractivity (Wildman–Crippen MR) is 193 cm³/mol. The molecule has 254 valence electrons. The Bertz CT molecular complexity index is 1690. The maximum absolute atomic E-state index is 12.2. The van der Waals surface area contributed by atoms with Gasteiger partial charge in [-0.25, -0.2) is 19.6 Å². The van der Waals surface area contributed by atoms with E-state index < -0.39 is 40.2 Å². The third kappa shape index (κ3) is 10.5. The molecule has 0 aliphatic carbocycles. The monoisotopic (exact) mass is 708 g/mol. The molecule has 0 fully saturated rings. The number of rotatable bonds is 7. The second-order valence-electron chi connectivity index (χ2n) is 11.0. The largest absolute Gasteiger partial charge is 0.414 e. The first-order valence-electron chi connectivity index (χ1n) is 15.1. The average molecular weight is 709 g/mol. The maximum atomic E-state index is 12.2. The van der Waals surface area contributed by atoms with E-state index in [-0.39, 0.29) is 0 Å². The van der Waals surface area contributed by atoms with Crippen molar-refractivity contribution in [1.29, 1.82) is 0 Å². The molecule has 6 rings (SSSR count). The SMILES string of the molecule is OC(CC(O)C(F)(F)F)c1ccc2ccccc2c1.O[P+](O)(c1ccccc1)c1ccccc1.O[P+](O)(c1ccccc1)c1ccccc1. The van der Waals surface area contributed by atoms with Crippen LogP contribution < -0.4 is 21.2 Å². The van der Waals surface area contributed by atoms with E-state index in [1.165, 1.54) is 0 Å². The quantitative estimate of drug-likeness (QED) is 0.111. The molecule has 0 aromatic heterocycles. The second-order valence-corrected chi connectivity index (χ2v) is 15.4. The summed E-state index contributed by atoms with van der Waals surface area (Å²) in [6.45, 7) is 0. The molecular weight excluding hydrogens is 671 g/mol. The average Bonchev–Trinajstić information content (AvgIpc) is 3.13. The van der Waals surface area contributed by atoms with E-state index in [0.29, 0.717) is 26.8 Å². The molecule has 6 nitrogen and oxygen atoms in total. The zero-order valence-electron chi connectivity index (χ0n) is 26.2. The lowest BCUT2D eigenvalue weighted by Crippen LogP contribution is -2.30. The summed E-state index contributed by atoms with van der Waals surface area (Å²) in [7, 11) is -6.29. The normalized spacial score (nSPS) is 12.9. The molecule has 2 atom stereocenters. The molecule has 0 bridgehead atoms. The fourth-order valence-corrected chi connectivity index (χ4v) is 7.69. The molecule has 6 aromatic rings. The molecule has 0 heterocycles. The van der Waals surface area contributed by atoms with Crippen LogP contribution in [0.4, 0.5) is 13.2 Å². The number of alkyl halides is 3. The first-order valence-corrected chi connectivity index (χ1v) is 18.5. The van der Waals surface area contributed by atoms with Crippen LogP contribution in [0, 0.1) is 0 Å². The van der Waals surface area contributed by atoms with Crippen molar-refractivity contribution in [3.63, 3.8) is 0 Å². The molecule has 0 saturated carbocycles. The predicted octanol–water partition coefficient (Wildman–Crippen LogP) is 6.13. The number of fused-ring (bicyclic) bond motifs is 1. The molecule has 49 heavy (non-hydrogen) atoms. The Morgan fingerprint density at radius 3 is 1.12 bits per heavy atom. The Labute approximate surface area is 284 Å². The minimum atomic E-state index is -4.71. The van der Waals surface area contributed by atoms with Crippen molar-refractivity contribution in [1.82, 2.24) is 0 Å². The van der Waals surface area contributed by atoms with Crippen LogP contribution in [-0.4, -0.2) is 42.1 Å². The van der Waals surface area contributed by atoms with Gasteiger partial charge in [0.15, 0.2) is 27.3 Å². The zero-order valence-corrected chi connectivity index (χ0v) is 28.0. The minimum Gasteiger partial charge on any atom is -0.388 e. The highest BCUT2D eigenvalue weighted by Crippen LogP contribution is 2.47. The zero-order chi connectivity index (χ0) is 35.5. The van der Waals surface area contributed by atoms with Gasteiger partial charge in [-0.1, -0.05) is 109 Å². The fraction of sp³-hybridized carbons (Fsp3) is 0.105. The smallest absolute Gasteiger partial charge is 0.388 e. The molecular formula is C38H37F3O6P2+2. The van der Waals surface area contributed by atoms with Crippen molar-refractivity contribution in [3.05, 3.63) is 169 Å². The van der Waals surface area contributed by atoms with Gasteiger partial charge in [-0.05, 0) is 70.9 Å². The molecule has 2 unspecified atom stereocenters. The number of hydrogen-bond donors (Lipinski definition) is 6. The third-order valence-electron chi connectivity index (χ3n) is 7.45. The van der Waals surface area contributed by atoms with Crippen molar-refractivity contribution in [2.75, 3.05) is 0 Å². The Morgan fingerprint density at radius 2 is 0.776 bits per heavy atom. The topological polar surface area (TPSA) is 121 Å². The highest BCUT2D eigenvalue weighted by Gasteiger charge is 2.40. The summed E-state index contributed by atoms with van der Waals surface area (Å²) >= 11 is 0. The van der Waals surface area contributed by atoms with Gasteiger partial charge in [0, 0.05) is 6.42 Å². The molecule has 6 N–H and O–H groups in total. The van der Waals surface area contributed by atoms with Crippen LogP contribution in [0.3, 0.4) is 0 Å². The van der Waals surface area contributed by atoms with Gasteiger partial charge < -0.3 is 10.2 Å². The Hall–Kier alpha value is -4.01. The van der Waals surface area contributed by atoms with Crippen LogP contribution in [0.15, 0.2) is 164 Å². The highest BCUT2D eigenvalue weighted by molar-refractivity contribution is 7.79. The van der Waals surface area contributed by atoms with Gasteiger partial charge in [0.2, 0.25) is 0 Å². The van der Waals surface area contributed by atoms with E-state index in [9.17, 15) is 37.9 Å². The molecule has 0 radical (unpaired) electrons. The van der Waals surface area contributed by atoms with E-state index in [1.807, 2.05) is 48.5 Å². The summed E-state index contributed by atoms with van der Waals surface area (Å²) in [6, 6.07) is 48.0. The van der Waals surface area contributed by atoms with Gasteiger partial charge >= 0.3 is 21.6 Å². The Kier molecular flexibility index (Phi) is 13.2. The summed E-state index contributed by atoms with van der Waals surface area (Å²) in [4.78, 5) is 40.5. The number of aliphatic hydroxyl groups excluding tert-OH is 2. The number of halogens is 3. The number of aliphatic hydroxyl groups is 2. The summed E-state index contributed by atoms with van der Waals surface area (Å²) in [5, 5.41) is 22.8. The van der Waals surface area contributed by atoms with Crippen LogP contribution >= 0.6 is 15.4 Å². The Morgan fingerprint density at radius 1 is 0.449 bits per heavy atom. The molecule has 0 spiro atoms. The van der Waals surface area contributed by atoms with E-state index in [4.69, 9.17) is 5.11 Å². The number of benzene rings is 6. The Balaban J connectivity index is 0.000000167. The van der Waals surface area contributed by atoms with Gasteiger partial charge in [-0.2, -0.15) is 13.2 Å². The fourth-order valence-electron chi connectivity index (χ4n) is 4.74. The van der Waals surface area contributed by atoms with E-state index >= 15 is 0 Å². The molecule has 0 aliphatic rings. The van der Waals surface area contributed by atoms with E-state index in [2.05, 4.69) is 0 Å². The lowest BCUT2D eigenvalue weighted by atomic mass is 10.00. The van der Waals surface area contributed by atoms with Gasteiger partial charge in [0.05, 0.1) is 6.10 Å². The van der Waals surface area contributed by atoms with Crippen LogP contribution in [0.1, 0.15) is 18.1 Å². The molecule has 0 saturated heterocycles. The van der Waals surface area contributed by atoms with Crippen LogP contribution in [0.25, 0.3) is 10.8 Å². The highest BCUT2D eigenvalue weighted by atomic mass is 31.2. The number of hydrogen-bond acceptors (Lipinski definition) is 6. The van der Waals surface area contributed by atoms with Crippen LogP contribution in [0.2, 0.25) is 0 Å². The molecule has 11 heteroatoms. The van der Waals surface area contributed by atoms with Crippen molar-refractivity contribution in [3.8, 4) is 0 Å². The van der Waals surface area contributed by atoms with E-state index in [0.717, 1.165) is 10.8 Å². The molecule has 0 amide bonds. The summed E-state index contributed by atoms with van der Waals surface area (Å²) in [6.07, 6.45) is -9.34. The third-order valence-corrected chi connectivity index (χ3v) is 11.5. The summed E-state index contributed by atoms with van der Waals surface area (Å²) in [5.74, 6) is 0. The van der Waals surface area contributed by atoms with Crippen molar-refractivity contribution < 1.29 is 43.0 Å². The van der Waals surface area contributed by atoms with E-state index in [1.54, 1.807) is 115 Å². The van der Waals surface area contributed by atoms with Gasteiger partial charge in [0.1, 0.15) is 0 Å². The van der Waals surface area contributed by atoms with Crippen molar-refractivity contribution in [2.24, 2.45) is 0 Å². The van der Waals surface area contributed by atoms with Crippen LogP contribution in [-0.2, 0) is 0 Å². The standard InChI is InChI=1S/C14H13F3O2.2C12H12O2P/c15-14(16,17)13(19)8-12(18)11-6-5-9-3-1-2-4-10(9)7-11;2*13-15(14,11-7-3-1-4-8-11)12-9-5-2-6-10-12/h1-7,12-13,18-19H,8H2;2*1-10,13-14H/q;2*+1. The molecule has 6 aromatic carbocycles. The van der Waals surface area contributed by atoms with Gasteiger partial charge in [-0.3, -0.25) is 0 Å². The first-order chi connectivity index (χ1) is 23.3. The minimum absolute atomic E-state index is 0.363. The van der Waals surface area contributed by atoms with Crippen LogP contribution in [0.5, 0.6) is 0 Å². The lowest BCUT2D eigenvalue weighted by molar-refractivity contribution is -0.211. The van der Waals surface area contributed by atoms with Gasteiger partial charge in [0.25, 0.3) is 0 Å². The first kappa shape index (κ1) is 37.8. The summed E-state index contributed by atoms with van der Waals surface area (Å²) < 4.78 is 36.7. The van der Waals surface area contributed by atoms with Crippen molar-refractivity contribution in [2.45, 2.75) is 24.8 Å². The van der Waals surface area contributed by atoms with Crippen molar-refractivity contribution >= 4 is 47.4 Å². The maximum Gasteiger partial charge on any atom is 0.414 e.